The van der Waals surface area contributed by atoms with Gasteiger partial charge in [0.1, 0.15) is 17.6 Å². The lowest BCUT2D eigenvalue weighted by Gasteiger charge is -2.40. The molecule has 3 aliphatic rings. The standard InChI is InChI=1S/C30H39ClN2O6/c1-7-9-15-38-28(37)24-23-26(35)33(22(17-34)18(3)4)25(30(23)16-19(5)29(24,6)39-30)27(36)32(14-8-2)21-13-11-10-12-20(21)31/h7-8,10-13,18-19,22-25,34H,1-2,9,14-17H2,3-6H3/t19?,22-,23-,24-,25?,29+,30?/m0/s1. The Hall–Kier alpha value is -2.68. The van der Waals surface area contributed by atoms with Crippen LogP contribution in [-0.4, -0.2) is 70.8 Å². The van der Waals surface area contributed by atoms with E-state index < -0.39 is 47.0 Å². The monoisotopic (exact) mass is 558 g/mol. The van der Waals surface area contributed by atoms with E-state index in [2.05, 4.69) is 13.2 Å². The van der Waals surface area contributed by atoms with Crippen molar-refractivity contribution in [3.8, 4) is 0 Å². The first-order chi connectivity index (χ1) is 18.5. The van der Waals surface area contributed by atoms with Crippen LogP contribution in [0.25, 0.3) is 0 Å². The highest BCUT2D eigenvalue weighted by molar-refractivity contribution is 6.34. The number of fused-ring (bicyclic) bond motifs is 1. The lowest BCUT2D eigenvalue weighted by atomic mass is 9.62. The quantitative estimate of drug-likeness (QED) is 0.250. The Morgan fingerprint density at radius 2 is 2.00 bits per heavy atom. The molecule has 3 unspecified atom stereocenters. The van der Waals surface area contributed by atoms with Crippen LogP contribution >= 0.6 is 11.6 Å². The minimum Gasteiger partial charge on any atom is -0.465 e. The Morgan fingerprint density at radius 3 is 2.59 bits per heavy atom. The number of nitrogens with zero attached hydrogens (tertiary/aromatic N) is 2. The molecule has 1 spiro atoms. The summed E-state index contributed by atoms with van der Waals surface area (Å²) >= 11 is 6.52. The van der Waals surface area contributed by atoms with Gasteiger partial charge in [0.2, 0.25) is 5.91 Å². The molecule has 0 saturated carbocycles. The average molecular weight is 559 g/mol. The fourth-order valence-corrected chi connectivity index (χ4v) is 7.12. The van der Waals surface area contributed by atoms with E-state index in [0.29, 0.717) is 23.6 Å². The lowest BCUT2D eigenvalue weighted by Crippen LogP contribution is -2.60. The molecule has 0 radical (unpaired) electrons. The van der Waals surface area contributed by atoms with Crippen molar-refractivity contribution in [1.29, 1.82) is 0 Å². The van der Waals surface area contributed by atoms with E-state index in [9.17, 15) is 19.5 Å². The minimum atomic E-state index is -1.27. The van der Waals surface area contributed by atoms with Crippen molar-refractivity contribution in [2.75, 3.05) is 24.7 Å². The van der Waals surface area contributed by atoms with Gasteiger partial charge in [0, 0.05) is 6.54 Å². The SMILES string of the molecule is C=CCCOC(=O)[C@@H]1[C@H]2C(=O)N([C@@H](CO)C(C)C)C(C(=O)N(CC=C)c3ccccc3Cl)C23CC(C)[C@@]1(C)O3. The second-order valence-corrected chi connectivity index (χ2v) is 11.8. The van der Waals surface area contributed by atoms with Crippen molar-refractivity contribution in [1.82, 2.24) is 4.90 Å². The Bertz CT molecular complexity index is 1160. The van der Waals surface area contributed by atoms with Crippen LogP contribution in [0.1, 0.15) is 40.5 Å². The molecular weight excluding hydrogens is 520 g/mol. The van der Waals surface area contributed by atoms with Crippen molar-refractivity contribution < 1.29 is 29.0 Å². The molecular formula is C30H39ClN2O6. The summed E-state index contributed by atoms with van der Waals surface area (Å²) < 4.78 is 12.3. The number of halogens is 1. The lowest BCUT2D eigenvalue weighted by molar-refractivity contribution is -0.162. The number of carbonyl (C=O) groups is 3. The van der Waals surface area contributed by atoms with Crippen molar-refractivity contribution in [3.05, 3.63) is 54.6 Å². The first kappa shape index (κ1) is 29.3. The van der Waals surface area contributed by atoms with Crippen molar-refractivity contribution in [2.45, 2.75) is 63.8 Å². The molecule has 2 amide bonds. The average Bonchev–Trinajstić information content (AvgIpc) is 3.40. The molecule has 7 atom stereocenters. The number of anilines is 1. The van der Waals surface area contributed by atoms with Crippen LogP contribution in [0.5, 0.6) is 0 Å². The summed E-state index contributed by atoms with van der Waals surface area (Å²) in [6, 6.07) is 5.25. The first-order valence-electron chi connectivity index (χ1n) is 13.6. The van der Waals surface area contributed by atoms with Gasteiger partial charge in [-0.15, -0.1) is 13.2 Å². The second-order valence-electron chi connectivity index (χ2n) is 11.4. The maximum atomic E-state index is 14.6. The fraction of sp³-hybridized carbons (Fsp3) is 0.567. The number of carbonyl (C=O) groups excluding carboxylic acids is 3. The number of aliphatic hydroxyl groups is 1. The summed E-state index contributed by atoms with van der Waals surface area (Å²) in [5.74, 6) is -3.39. The molecule has 1 N–H and O–H groups in total. The summed E-state index contributed by atoms with van der Waals surface area (Å²) in [6.45, 7) is 15.0. The summed E-state index contributed by atoms with van der Waals surface area (Å²) in [7, 11) is 0. The predicted octanol–water partition coefficient (Wildman–Crippen LogP) is 4.01. The van der Waals surface area contributed by atoms with Gasteiger partial charge in [-0.1, -0.05) is 56.7 Å². The van der Waals surface area contributed by atoms with Crippen molar-refractivity contribution >= 4 is 35.1 Å². The highest BCUT2D eigenvalue weighted by Crippen LogP contribution is 2.66. The number of aliphatic hydroxyl groups excluding tert-OH is 1. The third-order valence-corrected chi connectivity index (χ3v) is 9.16. The van der Waals surface area contributed by atoms with Gasteiger partial charge in [-0.2, -0.15) is 0 Å². The number of ether oxygens (including phenoxy) is 2. The van der Waals surface area contributed by atoms with Crippen LogP contribution in [0.4, 0.5) is 5.69 Å². The van der Waals surface area contributed by atoms with Gasteiger partial charge in [0.05, 0.1) is 41.5 Å². The number of benzene rings is 1. The van der Waals surface area contributed by atoms with Crippen LogP contribution in [0, 0.1) is 23.7 Å². The molecule has 3 fully saturated rings. The molecule has 3 heterocycles. The van der Waals surface area contributed by atoms with Crippen LogP contribution in [-0.2, 0) is 23.9 Å². The molecule has 3 saturated heterocycles. The Kier molecular flexibility index (Phi) is 8.31. The maximum Gasteiger partial charge on any atom is 0.312 e. The molecule has 39 heavy (non-hydrogen) atoms. The van der Waals surface area contributed by atoms with Crippen LogP contribution < -0.4 is 4.90 Å². The molecule has 1 aromatic carbocycles. The van der Waals surface area contributed by atoms with Crippen LogP contribution in [0.3, 0.4) is 0 Å². The van der Waals surface area contributed by atoms with Crippen LogP contribution in [0.15, 0.2) is 49.6 Å². The van der Waals surface area contributed by atoms with E-state index in [1.807, 2.05) is 27.7 Å². The minimum absolute atomic E-state index is 0.131. The van der Waals surface area contributed by atoms with Crippen molar-refractivity contribution in [3.63, 3.8) is 0 Å². The Labute approximate surface area is 235 Å². The largest absolute Gasteiger partial charge is 0.465 e. The molecule has 0 aliphatic carbocycles. The van der Waals surface area contributed by atoms with E-state index in [-0.39, 0.29) is 37.5 Å². The normalized spacial score (nSPS) is 31.8. The molecule has 2 bridgehead atoms. The summed E-state index contributed by atoms with van der Waals surface area (Å²) in [6.07, 6.45) is 4.14. The van der Waals surface area contributed by atoms with E-state index in [1.54, 1.807) is 36.4 Å². The zero-order valence-electron chi connectivity index (χ0n) is 23.1. The fourth-order valence-electron chi connectivity index (χ4n) is 6.88. The smallest absolute Gasteiger partial charge is 0.312 e. The number of rotatable bonds is 11. The zero-order chi connectivity index (χ0) is 28.7. The van der Waals surface area contributed by atoms with Gasteiger partial charge >= 0.3 is 5.97 Å². The highest BCUT2D eigenvalue weighted by atomic mass is 35.5. The molecule has 212 valence electrons. The van der Waals surface area contributed by atoms with Crippen LogP contribution in [0.2, 0.25) is 5.02 Å². The third-order valence-electron chi connectivity index (χ3n) is 8.84. The Balaban J connectivity index is 1.87. The molecule has 1 aromatic rings. The Morgan fingerprint density at radius 1 is 1.31 bits per heavy atom. The number of esters is 1. The predicted molar refractivity (Wildman–Crippen MR) is 149 cm³/mol. The summed E-state index contributed by atoms with van der Waals surface area (Å²) in [5.41, 5.74) is -1.78. The number of para-hydroxylation sites is 1. The van der Waals surface area contributed by atoms with E-state index in [1.165, 1.54) is 9.80 Å². The summed E-state index contributed by atoms with van der Waals surface area (Å²) in [5, 5.41) is 10.8. The number of amides is 2. The second kappa shape index (κ2) is 11.1. The molecule has 4 rings (SSSR count). The number of likely N-dealkylation sites (tertiary alicyclic amines) is 1. The van der Waals surface area contributed by atoms with Gasteiger partial charge < -0.3 is 24.4 Å². The van der Waals surface area contributed by atoms with Crippen molar-refractivity contribution in [2.24, 2.45) is 23.7 Å². The van der Waals surface area contributed by atoms with Gasteiger partial charge in [0.15, 0.2) is 0 Å². The van der Waals surface area contributed by atoms with E-state index in [0.717, 1.165) is 0 Å². The van der Waals surface area contributed by atoms with Gasteiger partial charge in [0.25, 0.3) is 5.91 Å². The number of hydrogen-bond donors (Lipinski definition) is 1. The third kappa shape index (κ3) is 4.50. The summed E-state index contributed by atoms with van der Waals surface area (Å²) in [4.78, 5) is 45.5. The first-order valence-corrected chi connectivity index (χ1v) is 13.9. The number of hydrogen-bond acceptors (Lipinski definition) is 6. The molecule has 8 nitrogen and oxygen atoms in total. The van der Waals surface area contributed by atoms with E-state index in [4.69, 9.17) is 21.1 Å². The van der Waals surface area contributed by atoms with E-state index >= 15 is 0 Å². The van der Waals surface area contributed by atoms with Gasteiger partial charge in [-0.3, -0.25) is 14.4 Å². The molecule has 9 heteroatoms. The molecule has 0 aromatic heterocycles. The topological polar surface area (TPSA) is 96.4 Å². The maximum absolute atomic E-state index is 14.6. The van der Waals surface area contributed by atoms with Gasteiger partial charge in [-0.05, 0) is 43.7 Å². The zero-order valence-corrected chi connectivity index (χ0v) is 23.9. The highest BCUT2D eigenvalue weighted by Gasteiger charge is 2.81. The molecule has 3 aliphatic heterocycles. The van der Waals surface area contributed by atoms with Gasteiger partial charge in [-0.25, -0.2) is 0 Å².